The number of hydrazone groups is 1. The molecule has 0 unspecified atom stereocenters. The minimum atomic E-state index is -0.647. The van der Waals surface area contributed by atoms with Crippen molar-refractivity contribution in [2.75, 3.05) is 0 Å². The Bertz CT molecular complexity index is 718. The number of hydrogen-bond acceptors (Lipinski definition) is 6. The van der Waals surface area contributed by atoms with Crippen molar-refractivity contribution in [2.45, 2.75) is 13.8 Å². The maximum Gasteiger partial charge on any atom is 0.274 e. The molecule has 0 atom stereocenters. The molecule has 1 aromatic carbocycles. The second-order valence-electron chi connectivity index (χ2n) is 4.40. The number of carbonyl (C=O) groups excluding carboxylic acids is 1. The van der Waals surface area contributed by atoms with E-state index < -0.39 is 23.2 Å². The van der Waals surface area contributed by atoms with E-state index in [1.165, 1.54) is 12.1 Å². The number of carbonyl (C=O) groups is 1. The molecule has 2 rings (SSSR count). The van der Waals surface area contributed by atoms with Crippen LogP contribution in [0.5, 0.6) is 17.2 Å². The van der Waals surface area contributed by atoms with Crippen molar-refractivity contribution in [3.63, 3.8) is 0 Å². The van der Waals surface area contributed by atoms with Crippen molar-refractivity contribution in [3.8, 4) is 17.2 Å². The van der Waals surface area contributed by atoms with Gasteiger partial charge in [0.05, 0.1) is 11.8 Å². The molecule has 7 heteroatoms. The Kier molecular flexibility index (Phi) is 3.84. The van der Waals surface area contributed by atoms with E-state index in [0.29, 0.717) is 17.1 Å². The highest BCUT2D eigenvalue weighted by molar-refractivity contribution is 5.96. The summed E-state index contributed by atoms with van der Waals surface area (Å²) >= 11 is 0. The van der Waals surface area contributed by atoms with E-state index in [0.717, 1.165) is 6.21 Å². The third kappa shape index (κ3) is 2.97. The summed E-state index contributed by atoms with van der Waals surface area (Å²) in [7, 11) is 0. The third-order valence-corrected chi connectivity index (χ3v) is 2.82. The fraction of sp³-hybridized carbons (Fsp3) is 0.143. The molecule has 0 aliphatic heterocycles. The summed E-state index contributed by atoms with van der Waals surface area (Å²) in [6.07, 6.45) is 1.15. The Hall–Kier alpha value is -2.96. The number of phenols is 3. The summed E-state index contributed by atoms with van der Waals surface area (Å²) in [4.78, 5) is 11.8. The van der Waals surface area contributed by atoms with Gasteiger partial charge in [0, 0.05) is 5.56 Å². The Balaban J connectivity index is 2.11. The maximum absolute atomic E-state index is 11.8. The number of nitrogens with zero attached hydrogens (tertiary/aromatic N) is 1. The van der Waals surface area contributed by atoms with E-state index in [4.69, 9.17) is 4.42 Å². The topological polar surface area (TPSA) is 115 Å². The fourth-order valence-corrected chi connectivity index (χ4v) is 1.77. The van der Waals surface area contributed by atoms with Crippen molar-refractivity contribution in [1.82, 2.24) is 5.43 Å². The molecule has 0 spiro atoms. The molecule has 0 fully saturated rings. The molecule has 0 saturated carbocycles. The molecule has 1 heterocycles. The lowest BCUT2D eigenvalue weighted by Gasteiger charge is -2.03. The summed E-state index contributed by atoms with van der Waals surface area (Å²) < 4.78 is 5.23. The van der Waals surface area contributed by atoms with E-state index in [1.807, 2.05) is 0 Å². The van der Waals surface area contributed by atoms with E-state index in [-0.39, 0.29) is 5.56 Å². The van der Waals surface area contributed by atoms with Crippen molar-refractivity contribution in [1.29, 1.82) is 0 Å². The monoisotopic (exact) mass is 290 g/mol. The van der Waals surface area contributed by atoms with Crippen LogP contribution in [0, 0.1) is 13.8 Å². The Labute approximate surface area is 120 Å². The van der Waals surface area contributed by atoms with E-state index in [9.17, 15) is 20.1 Å². The van der Waals surface area contributed by atoms with Crippen LogP contribution < -0.4 is 5.43 Å². The van der Waals surface area contributed by atoms with Gasteiger partial charge in [-0.25, -0.2) is 5.43 Å². The molecular formula is C14H14N2O5. The Morgan fingerprint density at radius 3 is 2.57 bits per heavy atom. The SMILES string of the molecule is Cc1cc(C(=O)N/N=C/c2ccc(O)c(O)c2O)c(C)o1. The molecule has 1 amide bonds. The predicted octanol–water partition coefficient (Wildman–Crippen LogP) is 1.78. The van der Waals surface area contributed by atoms with Gasteiger partial charge in [-0.3, -0.25) is 4.79 Å². The summed E-state index contributed by atoms with van der Waals surface area (Å²) in [6, 6.07) is 4.12. The van der Waals surface area contributed by atoms with Crippen LogP contribution in [0.4, 0.5) is 0 Å². The molecule has 4 N–H and O–H groups in total. The van der Waals surface area contributed by atoms with Gasteiger partial charge < -0.3 is 19.7 Å². The molecule has 1 aromatic heterocycles. The van der Waals surface area contributed by atoms with Crippen molar-refractivity contribution in [2.24, 2.45) is 5.10 Å². The van der Waals surface area contributed by atoms with Crippen molar-refractivity contribution < 1.29 is 24.5 Å². The number of nitrogens with one attached hydrogen (secondary N) is 1. The molecule has 0 bridgehead atoms. The number of rotatable bonds is 3. The highest BCUT2D eigenvalue weighted by Gasteiger charge is 2.13. The number of phenolic OH excluding ortho intramolecular Hbond substituents is 3. The molecule has 2 aromatic rings. The summed E-state index contributed by atoms with van der Waals surface area (Å²) in [5.41, 5.74) is 2.79. The lowest BCUT2D eigenvalue weighted by Crippen LogP contribution is -2.17. The zero-order valence-electron chi connectivity index (χ0n) is 11.4. The van der Waals surface area contributed by atoms with Gasteiger partial charge >= 0.3 is 0 Å². The molecule has 0 aliphatic carbocycles. The van der Waals surface area contributed by atoms with Gasteiger partial charge in [0.2, 0.25) is 5.75 Å². The minimum absolute atomic E-state index is 0.144. The lowest BCUT2D eigenvalue weighted by molar-refractivity contribution is 0.0953. The highest BCUT2D eigenvalue weighted by atomic mass is 16.3. The van der Waals surface area contributed by atoms with Gasteiger partial charge in [0.25, 0.3) is 5.91 Å². The molecule has 0 aliphatic rings. The van der Waals surface area contributed by atoms with Crippen LogP contribution in [-0.4, -0.2) is 27.4 Å². The van der Waals surface area contributed by atoms with Gasteiger partial charge in [-0.1, -0.05) is 0 Å². The van der Waals surface area contributed by atoms with Crippen molar-refractivity contribution >= 4 is 12.1 Å². The number of aryl methyl sites for hydroxylation is 2. The highest BCUT2D eigenvalue weighted by Crippen LogP contribution is 2.36. The first kappa shape index (κ1) is 14.4. The normalized spacial score (nSPS) is 11.0. The first-order valence-corrected chi connectivity index (χ1v) is 6.04. The van der Waals surface area contributed by atoms with Gasteiger partial charge in [-0.2, -0.15) is 5.10 Å². The summed E-state index contributed by atoms with van der Waals surface area (Å²) in [5.74, 6) is -0.982. The third-order valence-electron chi connectivity index (χ3n) is 2.82. The van der Waals surface area contributed by atoms with E-state index in [2.05, 4.69) is 10.5 Å². The Morgan fingerprint density at radius 1 is 1.24 bits per heavy atom. The predicted molar refractivity (Wildman–Crippen MR) is 74.7 cm³/mol. The first-order valence-electron chi connectivity index (χ1n) is 6.04. The molecular weight excluding hydrogens is 276 g/mol. The number of hydrogen-bond donors (Lipinski definition) is 4. The molecule has 7 nitrogen and oxygen atoms in total. The van der Waals surface area contributed by atoms with Crippen LogP contribution in [-0.2, 0) is 0 Å². The van der Waals surface area contributed by atoms with E-state index in [1.54, 1.807) is 19.9 Å². The molecule has 21 heavy (non-hydrogen) atoms. The number of aromatic hydroxyl groups is 3. The van der Waals surface area contributed by atoms with Gasteiger partial charge in [-0.15, -0.1) is 0 Å². The maximum atomic E-state index is 11.8. The first-order chi connectivity index (χ1) is 9.90. The number of furan rings is 1. The van der Waals surface area contributed by atoms with Crippen LogP contribution in [0.2, 0.25) is 0 Å². The number of amides is 1. The second kappa shape index (κ2) is 5.58. The van der Waals surface area contributed by atoms with Crippen molar-refractivity contribution in [3.05, 3.63) is 40.8 Å². The van der Waals surface area contributed by atoms with E-state index >= 15 is 0 Å². The van der Waals surface area contributed by atoms with Gasteiger partial charge in [0.1, 0.15) is 11.5 Å². The average Bonchev–Trinajstić information content (AvgIpc) is 2.77. The van der Waals surface area contributed by atoms with Gasteiger partial charge in [0.15, 0.2) is 11.5 Å². The summed E-state index contributed by atoms with van der Waals surface area (Å²) in [6.45, 7) is 3.39. The largest absolute Gasteiger partial charge is 0.504 e. The van der Waals surface area contributed by atoms with Crippen LogP contribution in [0.15, 0.2) is 27.7 Å². The van der Waals surface area contributed by atoms with Crippen LogP contribution >= 0.6 is 0 Å². The zero-order chi connectivity index (χ0) is 15.6. The quantitative estimate of drug-likeness (QED) is 0.390. The smallest absolute Gasteiger partial charge is 0.274 e. The number of benzene rings is 1. The second-order valence-corrected chi connectivity index (χ2v) is 4.40. The summed E-state index contributed by atoms with van der Waals surface area (Å²) in [5, 5.41) is 31.8. The molecule has 0 radical (unpaired) electrons. The minimum Gasteiger partial charge on any atom is -0.504 e. The van der Waals surface area contributed by atoms with Gasteiger partial charge in [-0.05, 0) is 32.0 Å². The molecule has 110 valence electrons. The van der Waals surface area contributed by atoms with Crippen LogP contribution in [0.1, 0.15) is 27.4 Å². The molecule has 0 saturated heterocycles. The fourth-order valence-electron chi connectivity index (χ4n) is 1.77. The Morgan fingerprint density at radius 2 is 1.95 bits per heavy atom. The van der Waals surface area contributed by atoms with Crippen LogP contribution in [0.3, 0.4) is 0 Å². The lowest BCUT2D eigenvalue weighted by atomic mass is 10.2. The zero-order valence-corrected chi connectivity index (χ0v) is 11.4. The van der Waals surface area contributed by atoms with Crippen LogP contribution in [0.25, 0.3) is 0 Å². The average molecular weight is 290 g/mol. The standard InChI is InChI=1S/C14H14N2O5/c1-7-5-10(8(2)21-7)14(20)16-15-6-9-3-4-11(17)13(19)12(9)18/h3-6,17-19H,1-2H3,(H,16,20)/b15-6+.